The monoisotopic (exact) mass is 379 g/mol. The molecule has 1 aromatic carbocycles. The van der Waals surface area contributed by atoms with Crippen molar-refractivity contribution >= 4 is 45.0 Å². The standard InChI is InChI=1S/C17H18BrNO4/c1-17(2,3)23-16(21)19-10-11(5-8-15(20)22-4)13-9-12(18)6-7-14(13)19/h5-10H,1-4H3/b8-5-. The fourth-order valence-corrected chi connectivity index (χ4v) is 2.41. The third-order valence-electron chi connectivity index (χ3n) is 2.99. The fraction of sp³-hybridized carbons (Fsp3) is 0.294. The van der Waals surface area contributed by atoms with Gasteiger partial charge in [0.1, 0.15) is 5.60 Å². The van der Waals surface area contributed by atoms with Gasteiger partial charge in [-0.2, -0.15) is 0 Å². The highest BCUT2D eigenvalue weighted by Crippen LogP contribution is 2.27. The number of ether oxygens (including phenoxy) is 2. The van der Waals surface area contributed by atoms with E-state index in [1.54, 1.807) is 12.3 Å². The van der Waals surface area contributed by atoms with E-state index in [1.165, 1.54) is 17.8 Å². The molecule has 1 heterocycles. The third kappa shape index (κ3) is 4.22. The maximum Gasteiger partial charge on any atom is 0.419 e. The molecule has 0 saturated heterocycles. The molecule has 0 aliphatic rings. The van der Waals surface area contributed by atoms with Gasteiger partial charge in [-0.25, -0.2) is 9.59 Å². The predicted molar refractivity (Wildman–Crippen MR) is 92.3 cm³/mol. The molecule has 0 aliphatic heterocycles. The minimum absolute atomic E-state index is 0.460. The van der Waals surface area contributed by atoms with Crippen molar-refractivity contribution in [2.24, 2.45) is 0 Å². The zero-order valence-corrected chi connectivity index (χ0v) is 15.0. The summed E-state index contributed by atoms with van der Waals surface area (Å²) in [6.07, 6.45) is 4.10. The van der Waals surface area contributed by atoms with E-state index in [4.69, 9.17) is 4.74 Å². The van der Waals surface area contributed by atoms with Crippen LogP contribution in [0.2, 0.25) is 0 Å². The Morgan fingerprint density at radius 3 is 2.57 bits per heavy atom. The molecule has 0 spiro atoms. The molecular weight excluding hydrogens is 362 g/mol. The molecule has 0 atom stereocenters. The Kier molecular flexibility index (Phi) is 4.94. The molecule has 122 valence electrons. The average molecular weight is 380 g/mol. The number of methoxy groups -OCH3 is 1. The van der Waals surface area contributed by atoms with Gasteiger partial charge in [-0.1, -0.05) is 15.9 Å². The number of hydrogen-bond acceptors (Lipinski definition) is 4. The summed E-state index contributed by atoms with van der Waals surface area (Å²) >= 11 is 3.41. The summed E-state index contributed by atoms with van der Waals surface area (Å²) in [4.78, 5) is 23.7. The number of carbonyl (C=O) groups is 2. The van der Waals surface area contributed by atoms with Gasteiger partial charge in [0.25, 0.3) is 0 Å². The zero-order chi connectivity index (χ0) is 17.2. The molecule has 2 aromatic rings. The Hall–Kier alpha value is -2.08. The molecule has 0 amide bonds. The summed E-state index contributed by atoms with van der Waals surface area (Å²) in [7, 11) is 1.31. The first-order valence-electron chi connectivity index (χ1n) is 7.01. The van der Waals surface area contributed by atoms with Gasteiger partial charge in [0.2, 0.25) is 0 Å². The maximum atomic E-state index is 12.4. The van der Waals surface area contributed by atoms with Crippen LogP contribution in [0.15, 0.2) is 34.9 Å². The van der Waals surface area contributed by atoms with Crippen molar-refractivity contribution < 1.29 is 19.1 Å². The molecule has 0 saturated carbocycles. The first kappa shape index (κ1) is 17.3. The lowest BCUT2D eigenvalue weighted by molar-refractivity contribution is -0.134. The van der Waals surface area contributed by atoms with Gasteiger partial charge in [-0.05, 0) is 45.0 Å². The number of benzene rings is 1. The number of esters is 1. The van der Waals surface area contributed by atoms with E-state index in [-0.39, 0.29) is 0 Å². The normalized spacial score (nSPS) is 11.9. The number of aromatic nitrogens is 1. The number of rotatable bonds is 2. The van der Waals surface area contributed by atoms with Crippen LogP contribution in [-0.2, 0) is 14.3 Å². The number of carbonyl (C=O) groups excluding carboxylic acids is 2. The summed E-state index contributed by atoms with van der Waals surface area (Å²) in [6, 6.07) is 5.54. The van der Waals surface area contributed by atoms with Crippen LogP contribution in [0.4, 0.5) is 4.79 Å². The second-order valence-corrected chi connectivity index (χ2v) is 6.87. The van der Waals surface area contributed by atoms with Crippen molar-refractivity contribution in [1.82, 2.24) is 4.57 Å². The lowest BCUT2D eigenvalue weighted by Gasteiger charge is -2.19. The largest absolute Gasteiger partial charge is 0.466 e. The van der Waals surface area contributed by atoms with Crippen molar-refractivity contribution in [3.05, 3.63) is 40.5 Å². The SMILES string of the molecule is COC(=O)/C=C\c1cn(C(=O)OC(C)(C)C)c2ccc(Br)cc12. The minimum atomic E-state index is -0.592. The summed E-state index contributed by atoms with van der Waals surface area (Å²) in [5.74, 6) is -0.460. The van der Waals surface area contributed by atoms with Crippen molar-refractivity contribution in [3.8, 4) is 0 Å². The van der Waals surface area contributed by atoms with Gasteiger partial charge in [-0.15, -0.1) is 0 Å². The molecular formula is C17H18BrNO4. The molecule has 1 aromatic heterocycles. The van der Waals surface area contributed by atoms with Crippen LogP contribution in [0.3, 0.4) is 0 Å². The predicted octanol–water partition coefficient (Wildman–Crippen LogP) is 4.37. The van der Waals surface area contributed by atoms with Gasteiger partial charge in [0, 0.05) is 27.7 Å². The molecule has 2 rings (SSSR count). The van der Waals surface area contributed by atoms with Gasteiger partial charge in [0.05, 0.1) is 12.6 Å². The molecule has 0 N–H and O–H groups in total. The summed E-state index contributed by atoms with van der Waals surface area (Å²) in [5.41, 5.74) is 0.829. The Balaban J connectivity index is 2.52. The van der Waals surface area contributed by atoms with Crippen molar-refractivity contribution in [1.29, 1.82) is 0 Å². The van der Waals surface area contributed by atoms with Crippen LogP contribution in [0.5, 0.6) is 0 Å². The van der Waals surface area contributed by atoms with Crippen LogP contribution in [0.25, 0.3) is 17.0 Å². The first-order valence-corrected chi connectivity index (χ1v) is 7.80. The van der Waals surface area contributed by atoms with Gasteiger partial charge < -0.3 is 9.47 Å². The highest BCUT2D eigenvalue weighted by molar-refractivity contribution is 9.10. The second kappa shape index (κ2) is 6.58. The molecule has 0 unspecified atom stereocenters. The van der Waals surface area contributed by atoms with E-state index in [0.29, 0.717) is 5.52 Å². The van der Waals surface area contributed by atoms with Crippen LogP contribution in [0, 0.1) is 0 Å². The zero-order valence-electron chi connectivity index (χ0n) is 13.4. The van der Waals surface area contributed by atoms with Crippen LogP contribution in [-0.4, -0.2) is 29.3 Å². The van der Waals surface area contributed by atoms with E-state index >= 15 is 0 Å². The molecule has 0 bridgehead atoms. The first-order chi connectivity index (χ1) is 10.7. The minimum Gasteiger partial charge on any atom is -0.466 e. The average Bonchev–Trinajstić information content (AvgIpc) is 2.81. The summed E-state index contributed by atoms with van der Waals surface area (Å²) in [6.45, 7) is 5.43. The topological polar surface area (TPSA) is 57.5 Å². The van der Waals surface area contributed by atoms with Crippen LogP contribution >= 0.6 is 15.9 Å². The molecule has 0 fully saturated rings. The number of fused-ring (bicyclic) bond motifs is 1. The number of halogens is 1. The number of hydrogen-bond donors (Lipinski definition) is 0. The molecule has 5 nitrogen and oxygen atoms in total. The third-order valence-corrected chi connectivity index (χ3v) is 3.48. The van der Waals surface area contributed by atoms with E-state index in [0.717, 1.165) is 15.4 Å². The lowest BCUT2D eigenvalue weighted by atomic mass is 10.1. The fourth-order valence-electron chi connectivity index (χ4n) is 2.05. The van der Waals surface area contributed by atoms with Crippen LogP contribution in [0.1, 0.15) is 26.3 Å². The Bertz CT molecular complexity index is 784. The maximum absolute atomic E-state index is 12.4. The molecule has 0 aliphatic carbocycles. The second-order valence-electron chi connectivity index (χ2n) is 5.95. The number of nitrogens with zero attached hydrogens (tertiary/aromatic N) is 1. The summed E-state index contributed by atoms with van der Waals surface area (Å²) in [5, 5.41) is 0.824. The highest BCUT2D eigenvalue weighted by atomic mass is 79.9. The molecule has 6 heteroatoms. The Morgan fingerprint density at radius 2 is 1.96 bits per heavy atom. The van der Waals surface area contributed by atoms with E-state index < -0.39 is 17.7 Å². The Morgan fingerprint density at radius 1 is 1.26 bits per heavy atom. The van der Waals surface area contributed by atoms with Crippen molar-refractivity contribution in [2.75, 3.05) is 7.11 Å². The highest BCUT2D eigenvalue weighted by Gasteiger charge is 2.20. The van der Waals surface area contributed by atoms with Gasteiger partial charge in [0.15, 0.2) is 0 Å². The lowest BCUT2D eigenvalue weighted by Crippen LogP contribution is -2.26. The Labute approximate surface area is 143 Å². The van der Waals surface area contributed by atoms with Crippen LogP contribution < -0.4 is 0 Å². The van der Waals surface area contributed by atoms with Crippen molar-refractivity contribution in [3.63, 3.8) is 0 Å². The van der Waals surface area contributed by atoms with Gasteiger partial charge >= 0.3 is 12.1 Å². The van der Waals surface area contributed by atoms with E-state index in [9.17, 15) is 9.59 Å². The van der Waals surface area contributed by atoms with Crippen molar-refractivity contribution in [2.45, 2.75) is 26.4 Å². The molecule has 0 radical (unpaired) electrons. The molecule has 23 heavy (non-hydrogen) atoms. The van der Waals surface area contributed by atoms with E-state index in [1.807, 2.05) is 39.0 Å². The quantitative estimate of drug-likeness (QED) is 0.573. The van der Waals surface area contributed by atoms with E-state index in [2.05, 4.69) is 20.7 Å². The van der Waals surface area contributed by atoms with Gasteiger partial charge in [-0.3, -0.25) is 4.57 Å². The summed E-state index contributed by atoms with van der Waals surface area (Å²) < 4.78 is 12.3. The smallest absolute Gasteiger partial charge is 0.419 e.